The average molecular weight is 232 g/mol. The first kappa shape index (κ1) is 11.5. The van der Waals surface area contributed by atoms with Crippen molar-refractivity contribution in [3.8, 4) is 17.0 Å². The third-order valence-corrected chi connectivity index (χ3v) is 2.76. The van der Waals surface area contributed by atoms with Crippen molar-refractivity contribution in [2.75, 3.05) is 7.11 Å². The van der Waals surface area contributed by atoms with Gasteiger partial charge in [-0.05, 0) is 29.7 Å². The van der Waals surface area contributed by atoms with E-state index in [-0.39, 0.29) is 5.69 Å². The van der Waals surface area contributed by atoms with Gasteiger partial charge >= 0.3 is 5.69 Å². The maximum absolute atomic E-state index is 11.1. The highest BCUT2D eigenvalue weighted by Crippen LogP contribution is 2.30. The van der Waals surface area contributed by atoms with Crippen LogP contribution >= 0.6 is 0 Å². The van der Waals surface area contributed by atoms with Crippen molar-refractivity contribution in [2.24, 2.45) is 0 Å². The normalized spacial score (nSPS) is 10.8. The third kappa shape index (κ3) is 2.25. The van der Waals surface area contributed by atoms with E-state index in [0.29, 0.717) is 5.92 Å². The van der Waals surface area contributed by atoms with Crippen LogP contribution in [0.5, 0.6) is 5.75 Å². The zero-order valence-corrected chi connectivity index (χ0v) is 10.2. The van der Waals surface area contributed by atoms with Crippen LogP contribution in [0.15, 0.2) is 29.2 Å². The van der Waals surface area contributed by atoms with Gasteiger partial charge < -0.3 is 14.7 Å². The second-order valence-electron chi connectivity index (χ2n) is 4.27. The van der Waals surface area contributed by atoms with Gasteiger partial charge in [0.15, 0.2) is 0 Å². The first-order valence-electron chi connectivity index (χ1n) is 5.58. The van der Waals surface area contributed by atoms with Crippen molar-refractivity contribution in [2.45, 2.75) is 19.8 Å². The summed E-state index contributed by atoms with van der Waals surface area (Å²) in [6, 6.07) is 5.91. The molecular formula is C13H16N2O2. The highest BCUT2D eigenvalue weighted by atomic mass is 16.5. The number of aromatic nitrogens is 2. The van der Waals surface area contributed by atoms with Gasteiger partial charge in [-0.1, -0.05) is 13.8 Å². The van der Waals surface area contributed by atoms with E-state index in [9.17, 15) is 4.79 Å². The Balaban J connectivity index is 2.50. The Morgan fingerprint density at radius 3 is 2.59 bits per heavy atom. The molecule has 0 aliphatic heterocycles. The molecule has 0 spiro atoms. The van der Waals surface area contributed by atoms with Gasteiger partial charge in [-0.2, -0.15) is 0 Å². The van der Waals surface area contributed by atoms with Crippen LogP contribution in [-0.2, 0) is 0 Å². The zero-order chi connectivity index (χ0) is 12.4. The van der Waals surface area contributed by atoms with Gasteiger partial charge in [0.1, 0.15) is 5.75 Å². The first-order chi connectivity index (χ1) is 8.11. The lowest BCUT2D eigenvalue weighted by Crippen LogP contribution is -2.00. The van der Waals surface area contributed by atoms with E-state index in [1.165, 1.54) is 0 Å². The number of hydrogen-bond donors (Lipinski definition) is 2. The molecular weight excluding hydrogens is 216 g/mol. The molecule has 0 fully saturated rings. The van der Waals surface area contributed by atoms with Crippen molar-refractivity contribution in [1.29, 1.82) is 0 Å². The van der Waals surface area contributed by atoms with Gasteiger partial charge in [-0.3, -0.25) is 0 Å². The Bertz CT molecular complexity index is 567. The molecule has 4 heteroatoms. The number of benzene rings is 1. The number of methoxy groups -OCH3 is 1. The van der Waals surface area contributed by atoms with E-state index in [1.807, 2.05) is 18.2 Å². The topological polar surface area (TPSA) is 57.9 Å². The molecule has 90 valence electrons. The number of imidazole rings is 1. The van der Waals surface area contributed by atoms with Crippen molar-refractivity contribution in [3.63, 3.8) is 0 Å². The summed E-state index contributed by atoms with van der Waals surface area (Å²) in [6.45, 7) is 4.23. The summed E-state index contributed by atoms with van der Waals surface area (Å²) in [5.74, 6) is 1.25. The minimum Gasteiger partial charge on any atom is -0.496 e. The summed E-state index contributed by atoms with van der Waals surface area (Å²) in [5, 5.41) is 0. The van der Waals surface area contributed by atoms with E-state index >= 15 is 0 Å². The third-order valence-electron chi connectivity index (χ3n) is 2.76. The monoisotopic (exact) mass is 232 g/mol. The van der Waals surface area contributed by atoms with Crippen LogP contribution in [0.3, 0.4) is 0 Å². The Hall–Kier alpha value is -1.97. The summed E-state index contributed by atoms with van der Waals surface area (Å²) < 4.78 is 5.32. The van der Waals surface area contributed by atoms with Gasteiger partial charge in [0, 0.05) is 11.8 Å². The van der Waals surface area contributed by atoms with Crippen LogP contribution in [0, 0.1) is 0 Å². The van der Waals surface area contributed by atoms with Crippen LogP contribution in [0.4, 0.5) is 0 Å². The van der Waals surface area contributed by atoms with E-state index in [2.05, 4.69) is 23.8 Å². The molecule has 1 aromatic carbocycles. The summed E-state index contributed by atoms with van der Waals surface area (Å²) in [7, 11) is 1.67. The maximum atomic E-state index is 11.1. The lowest BCUT2D eigenvalue weighted by atomic mass is 9.98. The van der Waals surface area contributed by atoms with Crippen molar-refractivity contribution in [1.82, 2.24) is 9.97 Å². The Labute approximate surface area is 99.7 Å². The predicted octanol–water partition coefficient (Wildman–Crippen LogP) is 2.50. The van der Waals surface area contributed by atoms with Crippen molar-refractivity contribution >= 4 is 0 Å². The Morgan fingerprint density at radius 1 is 1.29 bits per heavy atom. The number of ether oxygens (including phenoxy) is 1. The molecule has 4 nitrogen and oxygen atoms in total. The van der Waals surface area contributed by atoms with E-state index in [4.69, 9.17) is 4.74 Å². The number of aromatic amines is 2. The van der Waals surface area contributed by atoms with E-state index < -0.39 is 0 Å². The number of hydrogen-bond acceptors (Lipinski definition) is 2. The van der Waals surface area contributed by atoms with Gasteiger partial charge in [0.25, 0.3) is 0 Å². The summed E-state index contributed by atoms with van der Waals surface area (Å²) in [4.78, 5) is 16.4. The maximum Gasteiger partial charge on any atom is 0.323 e. The molecule has 2 rings (SSSR count). The first-order valence-corrected chi connectivity index (χ1v) is 5.58. The smallest absolute Gasteiger partial charge is 0.323 e. The fraction of sp³-hybridized carbons (Fsp3) is 0.308. The molecule has 0 unspecified atom stereocenters. The molecule has 0 saturated heterocycles. The molecule has 0 saturated carbocycles. The van der Waals surface area contributed by atoms with Gasteiger partial charge in [0.05, 0.1) is 12.8 Å². The summed E-state index contributed by atoms with van der Waals surface area (Å²) in [6.07, 6.45) is 1.67. The molecule has 0 amide bonds. The molecule has 2 N–H and O–H groups in total. The molecule has 0 aliphatic carbocycles. The zero-order valence-electron chi connectivity index (χ0n) is 10.2. The second-order valence-corrected chi connectivity index (χ2v) is 4.27. The summed E-state index contributed by atoms with van der Waals surface area (Å²) in [5.41, 5.74) is 2.71. The molecule has 2 aromatic rings. The molecule has 0 aliphatic rings. The molecule has 0 radical (unpaired) electrons. The van der Waals surface area contributed by atoms with Gasteiger partial charge in [0.2, 0.25) is 0 Å². The minimum atomic E-state index is -0.193. The average Bonchev–Trinajstić information content (AvgIpc) is 2.75. The van der Waals surface area contributed by atoms with Crippen LogP contribution < -0.4 is 10.4 Å². The fourth-order valence-electron chi connectivity index (χ4n) is 1.84. The molecule has 0 bridgehead atoms. The van der Waals surface area contributed by atoms with Crippen LogP contribution in [-0.4, -0.2) is 17.1 Å². The van der Waals surface area contributed by atoms with E-state index in [0.717, 1.165) is 22.6 Å². The van der Waals surface area contributed by atoms with Gasteiger partial charge in [-0.25, -0.2) is 4.79 Å². The second kappa shape index (κ2) is 4.49. The summed E-state index contributed by atoms with van der Waals surface area (Å²) >= 11 is 0. The predicted molar refractivity (Wildman–Crippen MR) is 67.5 cm³/mol. The minimum absolute atomic E-state index is 0.193. The number of nitrogens with one attached hydrogen (secondary N) is 2. The standard InChI is InChI=1S/C13H16N2O2/c1-8(2)10-6-9(4-5-12(10)17-3)11-7-14-13(16)15-11/h4-8H,1-3H3,(H2,14,15,16). The number of rotatable bonds is 3. The van der Waals surface area contributed by atoms with Crippen LogP contribution in [0.2, 0.25) is 0 Å². The molecule has 17 heavy (non-hydrogen) atoms. The quantitative estimate of drug-likeness (QED) is 0.854. The van der Waals surface area contributed by atoms with E-state index in [1.54, 1.807) is 13.3 Å². The SMILES string of the molecule is COc1ccc(-c2c[nH]c(=O)[nH]2)cc1C(C)C. The van der Waals surface area contributed by atoms with Crippen molar-refractivity contribution in [3.05, 3.63) is 40.4 Å². The van der Waals surface area contributed by atoms with Gasteiger partial charge in [-0.15, -0.1) is 0 Å². The lowest BCUT2D eigenvalue weighted by Gasteiger charge is -2.12. The molecule has 0 atom stereocenters. The fourth-order valence-corrected chi connectivity index (χ4v) is 1.84. The van der Waals surface area contributed by atoms with Crippen molar-refractivity contribution < 1.29 is 4.74 Å². The Morgan fingerprint density at radius 2 is 2.06 bits per heavy atom. The molecule has 1 heterocycles. The largest absolute Gasteiger partial charge is 0.496 e. The number of H-pyrrole nitrogens is 2. The Kier molecular flexibility index (Phi) is 3.04. The van der Waals surface area contributed by atoms with Crippen LogP contribution in [0.25, 0.3) is 11.3 Å². The van der Waals surface area contributed by atoms with Crippen LogP contribution in [0.1, 0.15) is 25.3 Å². The highest BCUT2D eigenvalue weighted by molar-refractivity contribution is 5.61. The highest BCUT2D eigenvalue weighted by Gasteiger charge is 2.09. The lowest BCUT2D eigenvalue weighted by molar-refractivity contribution is 0.407. The molecule has 1 aromatic heterocycles.